The molecule has 0 saturated carbocycles. The molecule has 1 fully saturated rings. The third-order valence-electron chi connectivity index (χ3n) is 4.17. The molecular formula is C15H16N4O. The Hall–Kier alpha value is -2.14. The van der Waals surface area contributed by atoms with Gasteiger partial charge in [-0.25, -0.2) is 4.98 Å². The molecular weight excluding hydrogens is 252 g/mol. The second-order valence-electron chi connectivity index (χ2n) is 5.33. The van der Waals surface area contributed by atoms with Crippen molar-refractivity contribution in [2.75, 3.05) is 13.1 Å². The highest BCUT2D eigenvalue weighted by molar-refractivity contribution is 6.02. The van der Waals surface area contributed by atoms with E-state index in [1.54, 1.807) is 12.3 Å². The maximum atomic E-state index is 12.1. The highest BCUT2D eigenvalue weighted by atomic mass is 16.1. The van der Waals surface area contributed by atoms with Crippen LogP contribution in [-0.2, 0) is 0 Å². The van der Waals surface area contributed by atoms with Gasteiger partial charge < -0.3 is 14.9 Å². The van der Waals surface area contributed by atoms with Crippen LogP contribution in [0.5, 0.6) is 0 Å². The molecule has 1 aliphatic rings. The second kappa shape index (κ2) is 4.45. The molecule has 3 aromatic rings. The van der Waals surface area contributed by atoms with Gasteiger partial charge in [0, 0.05) is 36.1 Å². The summed E-state index contributed by atoms with van der Waals surface area (Å²) in [4.78, 5) is 19.6. The van der Waals surface area contributed by atoms with Gasteiger partial charge in [-0.1, -0.05) is 0 Å². The first-order valence-corrected chi connectivity index (χ1v) is 7.02. The zero-order valence-corrected chi connectivity index (χ0v) is 11.1. The van der Waals surface area contributed by atoms with E-state index in [1.165, 1.54) is 0 Å². The van der Waals surface area contributed by atoms with Gasteiger partial charge in [-0.05, 0) is 32.0 Å². The summed E-state index contributed by atoms with van der Waals surface area (Å²) in [5.41, 5.74) is 1.89. The van der Waals surface area contributed by atoms with Gasteiger partial charge in [-0.3, -0.25) is 4.79 Å². The van der Waals surface area contributed by atoms with Gasteiger partial charge in [0.25, 0.3) is 0 Å². The molecule has 4 heterocycles. The number of aromatic nitrogens is 3. The van der Waals surface area contributed by atoms with Gasteiger partial charge in [0.05, 0.1) is 10.9 Å². The first-order chi connectivity index (χ1) is 9.84. The van der Waals surface area contributed by atoms with Crippen molar-refractivity contribution in [3.63, 3.8) is 0 Å². The maximum absolute atomic E-state index is 12.1. The summed E-state index contributed by atoms with van der Waals surface area (Å²) in [6, 6.07) is 4.10. The predicted molar refractivity (Wildman–Crippen MR) is 79.0 cm³/mol. The number of hydrogen-bond donors (Lipinski definition) is 2. The fraction of sp³-hybridized carbons (Fsp3) is 0.333. The molecule has 0 spiro atoms. The van der Waals surface area contributed by atoms with Gasteiger partial charge in [-0.2, -0.15) is 0 Å². The van der Waals surface area contributed by atoms with E-state index in [-0.39, 0.29) is 5.43 Å². The lowest BCUT2D eigenvalue weighted by Crippen LogP contribution is -2.30. The minimum Gasteiger partial charge on any atom is -0.346 e. The molecule has 1 aliphatic heterocycles. The SMILES string of the molecule is O=c1ccn(C2CCNCC2)c2c1cnc1[nH]ccc12. The normalized spacial score (nSPS) is 17.0. The van der Waals surface area contributed by atoms with E-state index in [4.69, 9.17) is 0 Å². The highest BCUT2D eigenvalue weighted by Gasteiger charge is 2.18. The molecule has 0 aromatic carbocycles. The summed E-state index contributed by atoms with van der Waals surface area (Å²) in [6.45, 7) is 2.05. The van der Waals surface area contributed by atoms with Crippen LogP contribution in [-0.4, -0.2) is 27.6 Å². The number of nitrogens with one attached hydrogen (secondary N) is 2. The Balaban J connectivity index is 2.06. The van der Waals surface area contributed by atoms with Crippen molar-refractivity contribution in [3.05, 3.63) is 40.9 Å². The summed E-state index contributed by atoms with van der Waals surface area (Å²) < 4.78 is 2.26. The third-order valence-corrected chi connectivity index (χ3v) is 4.17. The van der Waals surface area contributed by atoms with Crippen molar-refractivity contribution in [2.24, 2.45) is 0 Å². The molecule has 102 valence electrons. The van der Waals surface area contributed by atoms with Gasteiger partial charge in [0.15, 0.2) is 5.43 Å². The number of pyridine rings is 2. The lowest BCUT2D eigenvalue weighted by Gasteiger charge is -2.27. The Morgan fingerprint density at radius 1 is 1.20 bits per heavy atom. The van der Waals surface area contributed by atoms with E-state index in [0.717, 1.165) is 42.5 Å². The number of H-pyrrole nitrogens is 1. The van der Waals surface area contributed by atoms with Crippen molar-refractivity contribution in [1.29, 1.82) is 0 Å². The van der Waals surface area contributed by atoms with Gasteiger partial charge in [0.1, 0.15) is 5.65 Å². The Morgan fingerprint density at radius 3 is 2.90 bits per heavy atom. The second-order valence-corrected chi connectivity index (χ2v) is 5.33. The van der Waals surface area contributed by atoms with Crippen LogP contribution in [0, 0.1) is 0 Å². The first kappa shape index (κ1) is 11.7. The number of fused-ring (bicyclic) bond motifs is 3. The Morgan fingerprint density at radius 2 is 2.05 bits per heavy atom. The van der Waals surface area contributed by atoms with Crippen molar-refractivity contribution < 1.29 is 0 Å². The summed E-state index contributed by atoms with van der Waals surface area (Å²) in [5, 5.41) is 5.12. The Kier molecular flexibility index (Phi) is 2.60. The van der Waals surface area contributed by atoms with Gasteiger partial charge in [0.2, 0.25) is 0 Å². The summed E-state index contributed by atoms with van der Waals surface area (Å²) in [7, 11) is 0. The van der Waals surface area contributed by atoms with Crippen LogP contribution in [0.3, 0.4) is 0 Å². The molecule has 0 aliphatic carbocycles. The molecule has 0 amide bonds. The van der Waals surface area contributed by atoms with Crippen LogP contribution >= 0.6 is 0 Å². The zero-order valence-electron chi connectivity index (χ0n) is 11.1. The summed E-state index contributed by atoms with van der Waals surface area (Å²) in [5.74, 6) is 0. The van der Waals surface area contributed by atoms with E-state index in [9.17, 15) is 4.79 Å². The van der Waals surface area contributed by atoms with Crippen molar-refractivity contribution in [2.45, 2.75) is 18.9 Å². The molecule has 4 rings (SSSR count). The summed E-state index contributed by atoms with van der Waals surface area (Å²) in [6.07, 6.45) is 7.68. The molecule has 3 aromatic heterocycles. The predicted octanol–water partition coefficient (Wildman–Crippen LogP) is 1.80. The van der Waals surface area contributed by atoms with Crippen molar-refractivity contribution >= 4 is 21.9 Å². The van der Waals surface area contributed by atoms with E-state index in [1.807, 2.05) is 18.5 Å². The monoisotopic (exact) mass is 268 g/mol. The molecule has 0 atom stereocenters. The first-order valence-electron chi connectivity index (χ1n) is 7.02. The molecule has 20 heavy (non-hydrogen) atoms. The lowest BCUT2D eigenvalue weighted by molar-refractivity contribution is 0.375. The van der Waals surface area contributed by atoms with Crippen molar-refractivity contribution in [3.8, 4) is 0 Å². The Labute approximate surface area is 115 Å². The molecule has 2 N–H and O–H groups in total. The fourth-order valence-corrected chi connectivity index (χ4v) is 3.15. The largest absolute Gasteiger partial charge is 0.346 e. The van der Waals surface area contributed by atoms with Crippen LogP contribution in [0.1, 0.15) is 18.9 Å². The molecule has 1 saturated heterocycles. The number of nitrogens with zero attached hydrogens (tertiary/aromatic N) is 2. The smallest absolute Gasteiger partial charge is 0.190 e. The van der Waals surface area contributed by atoms with Crippen molar-refractivity contribution in [1.82, 2.24) is 19.9 Å². The van der Waals surface area contributed by atoms with E-state index in [0.29, 0.717) is 11.4 Å². The minimum absolute atomic E-state index is 0.0424. The molecule has 5 heteroatoms. The highest BCUT2D eigenvalue weighted by Crippen LogP contribution is 2.27. The average molecular weight is 268 g/mol. The molecule has 0 bridgehead atoms. The van der Waals surface area contributed by atoms with Crippen LogP contribution < -0.4 is 10.7 Å². The maximum Gasteiger partial charge on any atom is 0.190 e. The third kappa shape index (κ3) is 1.67. The molecule has 0 radical (unpaired) electrons. The zero-order chi connectivity index (χ0) is 13.5. The molecule has 0 unspecified atom stereocenters. The molecule has 5 nitrogen and oxygen atoms in total. The number of aromatic amines is 1. The minimum atomic E-state index is 0.0424. The van der Waals surface area contributed by atoms with E-state index < -0.39 is 0 Å². The number of rotatable bonds is 1. The topological polar surface area (TPSA) is 62.7 Å². The fourth-order valence-electron chi connectivity index (χ4n) is 3.15. The van der Waals surface area contributed by atoms with E-state index in [2.05, 4.69) is 19.9 Å². The van der Waals surface area contributed by atoms with Crippen LogP contribution in [0.15, 0.2) is 35.5 Å². The summed E-state index contributed by atoms with van der Waals surface area (Å²) >= 11 is 0. The number of piperidine rings is 1. The van der Waals surface area contributed by atoms with Gasteiger partial charge in [-0.15, -0.1) is 0 Å². The van der Waals surface area contributed by atoms with E-state index >= 15 is 0 Å². The standard InChI is InChI=1S/C15H16N4O/c20-13-4-8-19(10-1-5-16-6-2-10)14-11-3-7-17-15(11)18-9-12(13)14/h3-4,7-10,16H,1-2,5-6H2,(H,17,18). The lowest BCUT2D eigenvalue weighted by atomic mass is 10.0. The number of hydrogen-bond acceptors (Lipinski definition) is 3. The van der Waals surface area contributed by atoms with Crippen LogP contribution in [0.4, 0.5) is 0 Å². The van der Waals surface area contributed by atoms with Crippen LogP contribution in [0.2, 0.25) is 0 Å². The Bertz CT molecular complexity index is 827. The average Bonchev–Trinajstić information content (AvgIpc) is 2.97. The van der Waals surface area contributed by atoms with Gasteiger partial charge >= 0.3 is 0 Å². The van der Waals surface area contributed by atoms with Crippen LogP contribution in [0.25, 0.3) is 21.9 Å². The quantitative estimate of drug-likeness (QED) is 0.707.